The Labute approximate surface area is 261 Å². The number of ether oxygens (including phenoxy) is 1. The highest BCUT2D eigenvalue weighted by Gasteiger charge is 2.25. The van der Waals surface area contributed by atoms with Gasteiger partial charge in [0, 0.05) is 42.5 Å². The van der Waals surface area contributed by atoms with E-state index in [-0.39, 0.29) is 11.9 Å². The van der Waals surface area contributed by atoms with E-state index in [2.05, 4.69) is 15.3 Å². The molecule has 5 rings (SSSR count). The van der Waals surface area contributed by atoms with E-state index in [0.717, 1.165) is 16.8 Å². The molecule has 3 aromatic carbocycles. The third-order valence-electron chi connectivity index (χ3n) is 7.26. The molecule has 2 heterocycles. The van der Waals surface area contributed by atoms with Crippen LogP contribution in [0.15, 0.2) is 102 Å². The van der Waals surface area contributed by atoms with Crippen LogP contribution in [0.4, 0.5) is 0 Å². The Bertz CT molecular complexity index is 1780. The van der Waals surface area contributed by atoms with Crippen LogP contribution in [0.3, 0.4) is 0 Å². The van der Waals surface area contributed by atoms with Crippen LogP contribution < -0.4 is 27.3 Å². The summed E-state index contributed by atoms with van der Waals surface area (Å²) in [5.41, 5.74) is 21.3. The summed E-state index contributed by atoms with van der Waals surface area (Å²) >= 11 is 0. The number of nitrogens with zero attached hydrogens (tertiary/aromatic N) is 4. The van der Waals surface area contributed by atoms with Gasteiger partial charge < -0.3 is 31.8 Å². The van der Waals surface area contributed by atoms with Crippen molar-refractivity contribution >= 4 is 28.8 Å². The Balaban J connectivity index is 1.46. The number of rotatable bonds is 14. The number of pyridine rings is 1. The van der Waals surface area contributed by atoms with Crippen LogP contribution >= 0.6 is 0 Å². The first-order valence-electron chi connectivity index (χ1n) is 14.7. The van der Waals surface area contributed by atoms with Crippen molar-refractivity contribution in [2.24, 2.45) is 22.2 Å². The molecule has 0 saturated heterocycles. The standard InChI is InChI=1S/C34H36N8O3/c35-31(43)30(13-7-18-40-34(36)37)42-29-15-14-25(33(44)39-19-16-26-11-4-5-17-38-26)21-28(29)41-32(42)24-10-6-12-27(20-24)45-22-23-8-2-1-3-9-23/h1-6,8-12,14-15,17,20-21,30H,7,13,16,18-19,22H2,(H2,35,43)(H,39,44)(H4,36,37,40)/t30-/m1/s1. The van der Waals surface area contributed by atoms with Crippen molar-refractivity contribution in [2.75, 3.05) is 13.1 Å². The number of aliphatic imine (C=N–C) groups is 1. The van der Waals surface area contributed by atoms with E-state index in [1.807, 2.05) is 77.4 Å². The second kappa shape index (κ2) is 14.6. The molecule has 1 atom stereocenters. The molecule has 5 aromatic rings. The minimum absolute atomic E-state index is 0.0162. The molecule has 2 amide bonds. The van der Waals surface area contributed by atoms with Gasteiger partial charge in [-0.25, -0.2) is 4.98 Å². The fourth-order valence-electron chi connectivity index (χ4n) is 5.07. The molecule has 0 aliphatic carbocycles. The van der Waals surface area contributed by atoms with Crippen molar-refractivity contribution < 1.29 is 14.3 Å². The summed E-state index contributed by atoms with van der Waals surface area (Å²) in [6, 6.07) is 27.6. The summed E-state index contributed by atoms with van der Waals surface area (Å²) in [7, 11) is 0. The fraction of sp³-hybridized carbons (Fsp3) is 0.206. The molecule has 230 valence electrons. The van der Waals surface area contributed by atoms with Crippen molar-refractivity contribution in [3.8, 4) is 17.1 Å². The van der Waals surface area contributed by atoms with Crippen molar-refractivity contribution in [1.82, 2.24) is 19.9 Å². The molecule has 0 saturated carbocycles. The zero-order valence-corrected chi connectivity index (χ0v) is 24.8. The number of guanidine groups is 1. The highest BCUT2D eigenvalue weighted by Crippen LogP contribution is 2.33. The van der Waals surface area contributed by atoms with Gasteiger partial charge in [0.1, 0.15) is 24.2 Å². The minimum Gasteiger partial charge on any atom is -0.489 e. The number of benzene rings is 3. The molecular weight excluding hydrogens is 568 g/mol. The highest BCUT2D eigenvalue weighted by atomic mass is 16.5. The maximum absolute atomic E-state index is 13.1. The largest absolute Gasteiger partial charge is 0.489 e. The van der Waals surface area contributed by atoms with Gasteiger partial charge in [-0.05, 0) is 60.9 Å². The van der Waals surface area contributed by atoms with Crippen LogP contribution in [0.5, 0.6) is 5.75 Å². The molecule has 45 heavy (non-hydrogen) atoms. The number of nitrogens with two attached hydrogens (primary N) is 3. The van der Waals surface area contributed by atoms with E-state index in [9.17, 15) is 9.59 Å². The molecule has 0 spiro atoms. The molecule has 0 aliphatic rings. The predicted molar refractivity (Wildman–Crippen MR) is 174 cm³/mol. The molecule has 0 unspecified atom stereocenters. The maximum atomic E-state index is 13.1. The van der Waals surface area contributed by atoms with Crippen LogP contribution in [0.2, 0.25) is 0 Å². The normalized spacial score (nSPS) is 11.6. The van der Waals surface area contributed by atoms with E-state index in [1.54, 1.807) is 24.4 Å². The zero-order valence-electron chi connectivity index (χ0n) is 24.8. The second-order valence-corrected chi connectivity index (χ2v) is 10.5. The molecule has 0 bridgehead atoms. The third kappa shape index (κ3) is 8.02. The van der Waals surface area contributed by atoms with Gasteiger partial charge in [0.05, 0.1) is 11.0 Å². The summed E-state index contributed by atoms with van der Waals surface area (Å²) in [6.07, 6.45) is 3.23. The van der Waals surface area contributed by atoms with E-state index in [1.165, 1.54) is 0 Å². The molecule has 2 aromatic heterocycles. The van der Waals surface area contributed by atoms with Gasteiger partial charge in [-0.2, -0.15) is 0 Å². The van der Waals surface area contributed by atoms with E-state index in [4.69, 9.17) is 26.9 Å². The average molecular weight is 605 g/mol. The summed E-state index contributed by atoms with van der Waals surface area (Å²) in [6.45, 7) is 1.18. The van der Waals surface area contributed by atoms with Gasteiger partial charge in [0.2, 0.25) is 5.91 Å². The first-order valence-corrected chi connectivity index (χ1v) is 14.7. The molecule has 11 heteroatoms. The Morgan fingerprint density at radius 1 is 0.933 bits per heavy atom. The van der Waals surface area contributed by atoms with Crippen molar-refractivity contribution in [2.45, 2.75) is 31.9 Å². The first-order chi connectivity index (χ1) is 21.9. The van der Waals surface area contributed by atoms with Crippen LogP contribution in [0.1, 0.15) is 40.5 Å². The Kier molecular flexibility index (Phi) is 10.0. The number of carbonyl (C=O) groups excluding carboxylic acids is 2. The smallest absolute Gasteiger partial charge is 0.251 e. The lowest BCUT2D eigenvalue weighted by Crippen LogP contribution is -2.28. The molecule has 0 aliphatic heterocycles. The van der Waals surface area contributed by atoms with Gasteiger partial charge in [0.15, 0.2) is 5.96 Å². The SMILES string of the molecule is NC(=O)[C@@H](CCCN=C(N)N)n1c(-c2cccc(OCc3ccccc3)c2)nc2cc(C(=O)NCCc3ccccn3)ccc21. The first kappa shape index (κ1) is 30.7. The van der Waals surface area contributed by atoms with E-state index >= 15 is 0 Å². The van der Waals surface area contributed by atoms with Crippen molar-refractivity contribution in [3.05, 3.63) is 114 Å². The lowest BCUT2D eigenvalue weighted by molar-refractivity contribution is -0.121. The molecule has 0 fully saturated rings. The number of imidazole rings is 1. The number of hydrogen-bond acceptors (Lipinski definition) is 6. The summed E-state index contributed by atoms with van der Waals surface area (Å²) < 4.78 is 7.90. The number of aromatic nitrogens is 3. The minimum atomic E-state index is -0.744. The number of hydrogen-bond donors (Lipinski definition) is 4. The number of primary amides is 1. The highest BCUT2D eigenvalue weighted by molar-refractivity contribution is 5.98. The van der Waals surface area contributed by atoms with Crippen LogP contribution in [0, 0.1) is 0 Å². The van der Waals surface area contributed by atoms with Gasteiger partial charge in [-0.1, -0.05) is 48.5 Å². The van der Waals surface area contributed by atoms with Crippen LogP contribution in [0.25, 0.3) is 22.4 Å². The maximum Gasteiger partial charge on any atom is 0.251 e. The van der Waals surface area contributed by atoms with Gasteiger partial charge in [-0.15, -0.1) is 0 Å². The second-order valence-electron chi connectivity index (χ2n) is 10.5. The topological polar surface area (TPSA) is 177 Å². The summed E-state index contributed by atoms with van der Waals surface area (Å²) in [4.78, 5) is 39.2. The Morgan fingerprint density at radius 3 is 2.51 bits per heavy atom. The monoisotopic (exact) mass is 604 g/mol. The average Bonchev–Trinajstić information content (AvgIpc) is 3.43. The molecular formula is C34H36N8O3. The number of fused-ring (bicyclic) bond motifs is 1. The molecule has 11 nitrogen and oxygen atoms in total. The fourth-order valence-corrected chi connectivity index (χ4v) is 5.07. The Hall–Kier alpha value is -5.71. The van der Waals surface area contributed by atoms with E-state index in [0.29, 0.717) is 67.1 Å². The molecule has 0 radical (unpaired) electrons. The van der Waals surface area contributed by atoms with E-state index < -0.39 is 11.9 Å². The molecule has 7 N–H and O–H groups in total. The van der Waals surface area contributed by atoms with Gasteiger partial charge >= 0.3 is 0 Å². The lowest BCUT2D eigenvalue weighted by Gasteiger charge is -2.19. The van der Waals surface area contributed by atoms with Crippen LogP contribution in [-0.4, -0.2) is 45.4 Å². The number of carbonyl (C=O) groups is 2. The Morgan fingerprint density at radius 2 is 1.76 bits per heavy atom. The van der Waals surface area contributed by atoms with Crippen LogP contribution in [-0.2, 0) is 17.8 Å². The summed E-state index contributed by atoms with van der Waals surface area (Å²) in [5.74, 6) is 0.398. The number of amides is 2. The van der Waals surface area contributed by atoms with Gasteiger partial charge in [-0.3, -0.25) is 19.6 Å². The zero-order chi connectivity index (χ0) is 31.6. The number of nitrogens with one attached hydrogen (secondary N) is 1. The van der Waals surface area contributed by atoms with Gasteiger partial charge in [0.25, 0.3) is 5.91 Å². The third-order valence-corrected chi connectivity index (χ3v) is 7.26. The summed E-state index contributed by atoms with van der Waals surface area (Å²) in [5, 5.41) is 2.95. The van der Waals surface area contributed by atoms with Crippen molar-refractivity contribution in [3.63, 3.8) is 0 Å². The predicted octanol–water partition coefficient (Wildman–Crippen LogP) is 3.73. The lowest BCUT2D eigenvalue weighted by atomic mass is 10.1. The van der Waals surface area contributed by atoms with Crippen molar-refractivity contribution in [1.29, 1.82) is 0 Å². The quantitative estimate of drug-likeness (QED) is 0.0848.